The molecule has 0 aliphatic carbocycles. The highest BCUT2D eigenvalue weighted by Gasteiger charge is 2.30. The average Bonchev–Trinajstić information content (AvgIpc) is 2.91. The number of carbonyl (C=O) groups excluding carboxylic acids is 1. The van der Waals surface area contributed by atoms with Crippen LogP contribution in [0.3, 0.4) is 0 Å². The van der Waals surface area contributed by atoms with Gasteiger partial charge in [-0.2, -0.15) is 0 Å². The zero-order valence-corrected chi connectivity index (χ0v) is 14.7. The molecule has 0 saturated carbocycles. The lowest BCUT2D eigenvalue weighted by atomic mass is 10.1. The SMILES string of the molecule is Cc1cc(S(N)(=O)=O)cc(NC(=O)[C@@H]2CC[C@H](CN)O2)c1C.Cl. The minimum absolute atomic E-state index is 0. The molecule has 9 heteroatoms. The zero-order chi connectivity index (χ0) is 16.5. The van der Waals surface area contributed by atoms with Gasteiger partial charge >= 0.3 is 0 Å². The first kappa shape index (κ1) is 19.9. The first-order valence-corrected chi connectivity index (χ1v) is 8.57. The summed E-state index contributed by atoms with van der Waals surface area (Å²) in [6, 6.07) is 2.85. The Morgan fingerprint density at radius 3 is 2.52 bits per heavy atom. The Morgan fingerprint density at radius 2 is 2.00 bits per heavy atom. The molecule has 1 aliphatic rings. The normalized spacial score (nSPS) is 20.9. The van der Waals surface area contributed by atoms with E-state index in [2.05, 4.69) is 5.32 Å². The Morgan fingerprint density at radius 1 is 1.35 bits per heavy atom. The van der Waals surface area contributed by atoms with Crippen molar-refractivity contribution in [2.75, 3.05) is 11.9 Å². The minimum Gasteiger partial charge on any atom is -0.364 e. The number of anilines is 1. The van der Waals surface area contributed by atoms with Crippen LogP contribution in [0, 0.1) is 13.8 Å². The van der Waals surface area contributed by atoms with E-state index in [9.17, 15) is 13.2 Å². The third-order valence-electron chi connectivity index (χ3n) is 3.89. The summed E-state index contributed by atoms with van der Waals surface area (Å²) in [5, 5.41) is 7.88. The molecule has 0 unspecified atom stereocenters. The minimum atomic E-state index is -3.83. The van der Waals surface area contributed by atoms with Crippen molar-refractivity contribution in [2.24, 2.45) is 10.9 Å². The lowest BCUT2D eigenvalue weighted by Gasteiger charge is -2.16. The Bertz CT molecular complexity index is 694. The van der Waals surface area contributed by atoms with Crippen molar-refractivity contribution in [3.63, 3.8) is 0 Å². The number of amides is 1. The summed E-state index contributed by atoms with van der Waals surface area (Å²) >= 11 is 0. The number of rotatable bonds is 4. The van der Waals surface area contributed by atoms with Gasteiger partial charge in [0.2, 0.25) is 10.0 Å². The first-order valence-electron chi connectivity index (χ1n) is 7.03. The Balaban J connectivity index is 0.00000264. The molecular formula is C14H22ClN3O4S. The molecule has 0 aromatic heterocycles. The van der Waals surface area contributed by atoms with E-state index in [-0.39, 0.29) is 29.3 Å². The van der Waals surface area contributed by atoms with Gasteiger partial charge in [-0.05, 0) is 49.9 Å². The van der Waals surface area contributed by atoms with Crippen molar-refractivity contribution in [2.45, 2.75) is 43.8 Å². The lowest BCUT2D eigenvalue weighted by molar-refractivity contribution is -0.126. The fraction of sp³-hybridized carbons (Fsp3) is 0.500. The summed E-state index contributed by atoms with van der Waals surface area (Å²) in [7, 11) is -3.83. The smallest absolute Gasteiger partial charge is 0.253 e. The van der Waals surface area contributed by atoms with Crippen molar-refractivity contribution in [1.82, 2.24) is 0 Å². The van der Waals surface area contributed by atoms with E-state index in [1.165, 1.54) is 12.1 Å². The number of carbonyl (C=O) groups is 1. The maximum Gasteiger partial charge on any atom is 0.253 e. The number of ether oxygens (including phenoxy) is 1. The molecule has 1 aromatic carbocycles. The molecule has 0 bridgehead atoms. The Hall–Kier alpha value is -1.19. The molecule has 1 aromatic rings. The second-order valence-electron chi connectivity index (χ2n) is 5.51. The molecule has 7 nitrogen and oxygen atoms in total. The molecule has 0 radical (unpaired) electrons. The third kappa shape index (κ3) is 4.65. The summed E-state index contributed by atoms with van der Waals surface area (Å²) in [5.74, 6) is -0.301. The Kier molecular flexibility index (Phi) is 6.55. The van der Waals surface area contributed by atoms with Crippen LogP contribution in [0.25, 0.3) is 0 Å². The van der Waals surface area contributed by atoms with Crippen molar-refractivity contribution >= 4 is 34.0 Å². The maximum atomic E-state index is 12.2. The van der Waals surface area contributed by atoms with Gasteiger partial charge in [-0.3, -0.25) is 4.79 Å². The highest BCUT2D eigenvalue weighted by atomic mass is 35.5. The van der Waals surface area contributed by atoms with Gasteiger partial charge in [0, 0.05) is 12.2 Å². The number of nitrogens with two attached hydrogens (primary N) is 2. The van der Waals surface area contributed by atoms with Crippen LogP contribution in [0.4, 0.5) is 5.69 Å². The molecule has 1 heterocycles. The number of aryl methyl sites for hydroxylation is 1. The average molecular weight is 364 g/mol. The molecule has 1 amide bonds. The van der Waals surface area contributed by atoms with Gasteiger partial charge in [-0.25, -0.2) is 13.6 Å². The first-order chi connectivity index (χ1) is 10.2. The second-order valence-corrected chi connectivity index (χ2v) is 7.07. The van der Waals surface area contributed by atoms with Crippen LogP contribution >= 0.6 is 12.4 Å². The number of nitrogens with one attached hydrogen (secondary N) is 1. The van der Waals surface area contributed by atoms with Crippen molar-refractivity contribution in [3.8, 4) is 0 Å². The number of benzene rings is 1. The number of primary sulfonamides is 1. The van der Waals surface area contributed by atoms with E-state index in [4.69, 9.17) is 15.6 Å². The summed E-state index contributed by atoms with van der Waals surface area (Å²) in [6.07, 6.45) is 0.672. The van der Waals surface area contributed by atoms with E-state index in [1.807, 2.05) is 0 Å². The van der Waals surface area contributed by atoms with E-state index in [1.54, 1.807) is 13.8 Å². The van der Waals surface area contributed by atoms with Gasteiger partial charge in [0.25, 0.3) is 5.91 Å². The molecule has 1 saturated heterocycles. The highest BCUT2D eigenvalue weighted by molar-refractivity contribution is 7.89. The molecule has 1 aliphatic heterocycles. The quantitative estimate of drug-likeness (QED) is 0.730. The molecule has 2 atom stereocenters. The molecule has 130 valence electrons. The van der Waals surface area contributed by atoms with Crippen LogP contribution < -0.4 is 16.2 Å². The van der Waals surface area contributed by atoms with Gasteiger partial charge in [-0.15, -0.1) is 12.4 Å². The van der Waals surface area contributed by atoms with Crippen LogP contribution in [0.5, 0.6) is 0 Å². The number of hydrogen-bond acceptors (Lipinski definition) is 5. The number of halogens is 1. The predicted octanol–water partition coefficient (Wildman–Crippen LogP) is 0.817. The van der Waals surface area contributed by atoms with Crippen LogP contribution in [-0.2, 0) is 19.6 Å². The molecule has 23 heavy (non-hydrogen) atoms. The van der Waals surface area contributed by atoms with Crippen LogP contribution in [-0.4, -0.2) is 33.1 Å². The fourth-order valence-corrected chi connectivity index (χ4v) is 3.03. The molecule has 1 fully saturated rings. The van der Waals surface area contributed by atoms with Gasteiger partial charge in [0.05, 0.1) is 11.0 Å². The summed E-state index contributed by atoms with van der Waals surface area (Å²) in [4.78, 5) is 12.2. The molecule has 0 spiro atoms. The largest absolute Gasteiger partial charge is 0.364 e. The molecule has 2 rings (SSSR count). The molecular weight excluding hydrogens is 342 g/mol. The third-order valence-corrected chi connectivity index (χ3v) is 4.78. The van der Waals surface area contributed by atoms with Gasteiger partial charge in [0.15, 0.2) is 0 Å². The summed E-state index contributed by atoms with van der Waals surface area (Å²) < 4.78 is 28.5. The predicted molar refractivity (Wildman–Crippen MR) is 90.1 cm³/mol. The number of sulfonamides is 1. The van der Waals surface area contributed by atoms with Gasteiger partial charge in [-0.1, -0.05) is 0 Å². The number of hydrogen-bond donors (Lipinski definition) is 3. The highest BCUT2D eigenvalue weighted by Crippen LogP contribution is 2.25. The maximum absolute atomic E-state index is 12.2. The van der Waals surface area contributed by atoms with E-state index >= 15 is 0 Å². The van der Waals surface area contributed by atoms with Crippen molar-refractivity contribution in [1.29, 1.82) is 0 Å². The van der Waals surface area contributed by atoms with E-state index in [0.717, 1.165) is 17.5 Å². The lowest BCUT2D eigenvalue weighted by Crippen LogP contribution is -2.30. The zero-order valence-electron chi connectivity index (χ0n) is 13.0. The van der Waals surface area contributed by atoms with E-state index in [0.29, 0.717) is 18.7 Å². The topological polar surface area (TPSA) is 125 Å². The summed E-state index contributed by atoms with van der Waals surface area (Å²) in [5.41, 5.74) is 7.46. The monoisotopic (exact) mass is 363 g/mol. The summed E-state index contributed by atoms with van der Waals surface area (Å²) in [6.45, 7) is 3.94. The Labute approximate surface area is 142 Å². The standard InChI is InChI=1S/C14H21N3O4S.ClH/c1-8-5-11(22(16,19)20)6-12(9(8)2)17-14(18)13-4-3-10(7-15)21-13;/h5-6,10,13H,3-4,7,15H2,1-2H3,(H,17,18)(H2,16,19,20);1H/t10-,13+;/m1./s1. The van der Waals surface area contributed by atoms with Crippen LogP contribution in [0.1, 0.15) is 24.0 Å². The van der Waals surface area contributed by atoms with Crippen LogP contribution in [0.2, 0.25) is 0 Å². The van der Waals surface area contributed by atoms with E-state index < -0.39 is 16.1 Å². The van der Waals surface area contributed by atoms with Crippen molar-refractivity contribution in [3.05, 3.63) is 23.3 Å². The van der Waals surface area contributed by atoms with Crippen LogP contribution in [0.15, 0.2) is 17.0 Å². The fourth-order valence-electron chi connectivity index (χ4n) is 2.41. The van der Waals surface area contributed by atoms with Gasteiger partial charge in [0.1, 0.15) is 6.10 Å². The van der Waals surface area contributed by atoms with Gasteiger partial charge < -0.3 is 15.8 Å². The van der Waals surface area contributed by atoms with Crippen molar-refractivity contribution < 1.29 is 17.9 Å². The molecule has 5 N–H and O–H groups in total. The second kappa shape index (κ2) is 7.59.